The molecule has 2 heterocycles. The minimum atomic E-state index is 0.863. The number of benzene rings is 11. The SMILES string of the molecule is c1cc(-c2ccc(-c3ccc(N(c4ccc(-c5cccc(-n6c7ccccc7c7ccccc76)c5)cc4)c4cccc5oc6ccccc6c45)cc3)cc2)cc(-c2ccc3ccccc3c2)c1. The second-order valence-electron chi connectivity index (χ2n) is 17.3. The molecule has 0 atom stereocenters. The number of anilines is 3. The number of hydrogen-bond acceptors (Lipinski definition) is 2. The van der Waals surface area contributed by atoms with Crippen molar-refractivity contribution in [3.05, 3.63) is 255 Å². The van der Waals surface area contributed by atoms with Crippen molar-refractivity contribution in [2.24, 2.45) is 0 Å². The molecule has 67 heavy (non-hydrogen) atoms. The third kappa shape index (κ3) is 6.76. The Morgan fingerprint density at radius 2 is 0.761 bits per heavy atom. The Hall–Kier alpha value is -8.92. The summed E-state index contributed by atoms with van der Waals surface area (Å²) in [5, 5.41) is 7.21. The molecule has 3 heteroatoms. The van der Waals surface area contributed by atoms with Crippen LogP contribution in [-0.2, 0) is 0 Å². The molecule has 0 fully saturated rings. The molecule has 0 radical (unpaired) electrons. The van der Waals surface area contributed by atoms with Crippen LogP contribution in [0.1, 0.15) is 0 Å². The molecule has 0 aliphatic carbocycles. The number of furan rings is 1. The van der Waals surface area contributed by atoms with Gasteiger partial charge in [0.15, 0.2) is 0 Å². The number of nitrogens with zero attached hydrogens (tertiary/aromatic N) is 2. The highest BCUT2D eigenvalue weighted by Crippen LogP contribution is 2.44. The van der Waals surface area contributed by atoms with Gasteiger partial charge in [0.25, 0.3) is 0 Å². The van der Waals surface area contributed by atoms with Gasteiger partial charge in [0.05, 0.1) is 22.1 Å². The van der Waals surface area contributed by atoms with Crippen LogP contribution in [0.25, 0.3) is 105 Å². The quantitative estimate of drug-likeness (QED) is 0.152. The van der Waals surface area contributed by atoms with Crippen LogP contribution in [0, 0.1) is 0 Å². The van der Waals surface area contributed by atoms with Crippen LogP contribution in [-0.4, -0.2) is 4.57 Å². The summed E-state index contributed by atoms with van der Waals surface area (Å²) < 4.78 is 8.80. The van der Waals surface area contributed by atoms with Crippen molar-refractivity contribution in [1.82, 2.24) is 4.57 Å². The van der Waals surface area contributed by atoms with E-state index in [0.29, 0.717) is 0 Å². The molecule has 0 saturated carbocycles. The Balaban J connectivity index is 0.843. The fraction of sp³-hybridized carbons (Fsp3) is 0. The average Bonchev–Trinajstić information content (AvgIpc) is 3.96. The molecule has 0 saturated heterocycles. The summed E-state index contributed by atoms with van der Waals surface area (Å²) in [4.78, 5) is 2.36. The van der Waals surface area contributed by atoms with Crippen molar-refractivity contribution < 1.29 is 4.42 Å². The molecule has 0 unspecified atom stereocenters. The summed E-state index contributed by atoms with van der Waals surface area (Å²) in [5.74, 6) is 0. The van der Waals surface area contributed by atoms with Gasteiger partial charge in [0.2, 0.25) is 0 Å². The molecule has 0 aliphatic heterocycles. The zero-order valence-electron chi connectivity index (χ0n) is 36.6. The van der Waals surface area contributed by atoms with Crippen LogP contribution in [0.2, 0.25) is 0 Å². The van der Waals surface area contributed by atoms with Crippen LogP contribution < -0.4 is 4.90 Å². The fourth-order valence-electron chi connectivity index (χ4n) is 10.1. The molecule has 2 aromatic heterocycles. The Labute approximate surface area is 388 Å². The molecule has 13 rings (SSSR count). The Kier molecular flexibility index (Phi) is 9.17. The molecule has 11 aromatic carbocycles. The molecule has 314 valence electrons. The van der Waals surface area contributed by atoms with Gasteiger partial charge >= 0.3 is 0 Å². The highest BCUT2D eigenvalue weighted by molar-refractivity contribution is 6.13. The van der Waals surface area contributed by atoms with E-state index >= 15 is 0 Å². The fourth-order valence-corrected chi connectivity index (χ4v) is 10.1. The van der Waals surface area contributed by atoms with Crippen LogP contribution >= 0.6 is 0 Å². The Bertz CT molecular complexity index is 3920. The predicted octanol–water partition coefficient (Wildman–Crippen LogP) is 18.0. The maximum Gasteiger partial charge on any atom is 0.137 e. The molecule has 0 spiro atoms. The van der Waals surface area contributed by atoms with Crippen LogP contribution in [0.3, 0.4) is 0 Å². The second-order valence-corrected chi connectivity index (χ2v) is 17.3. The van der Waals surface area contributed by atoms with Gasteiger partial charge in [0.1, 0.15) is 11.2 Å². The van der Waals surface area contributed by atoms with Gasteiger partial charge in [-0.2, -0.15) is 0 Å². The third-order valence-corrected chi connectivity index (χ3v) is 13.4. The average molecular weight is 855 g/mol. The summed E-state index contributed by atoms with van der Waals surface area (Å²) in [6.45, 7) is 0. The zero-order chi connectivity index (χ0) is 44.3. The largest absolute Gasteiger partial charge is 0.456 e. The highest BCUT2D eigenvalue weighted by atomic mass is 16.3. The summed E-state index contributed by atoms with van der Waals surface area (Å²) in [6.07, 6.45) is 0. The molecule has 0 amide bonds. The molecule has 0 N–H and O–H groups in total. The van der Waals surface area contributed by atoms with Crippen LogP contribution in [0.4, 0.5) is 17.1 Å². The minimum absolute atomic E-state index is 0.863. The molecular weight excluding hydrogens is 813 g/mol. The standard InChI is InChI=1S/C64H42N2O/c1-2-13-48-41-52(31-30-43(48)12-1)50-15-9-14-49(40-50)46-28-26-44(27-29-46)45-32-36-53(37-33-45)65(61-23-11-25-63-64(61)58-20-5-8-24-62(58)67-63)54-38-34-47(35-39-54)51-16-10-17-55(42-51)66-59-21-6-3-18-56(59)57-19-4-7-22-60(57)66/h1-42H. The topological polar surface area (TPSA) is 21.3 Å². The molecule has 0 bridgehead atoms. The van der Waals surface area contributed by atoms with Gasteiger partial charge in [-0.25, -0.2) is 0 Å². The smallest absolute Gasteiger partial charge is 0.137 e. The van der Waals surface area contributed by atoms with Crippen molar-refractivity contribution in [1.29, 1.82) is 0 Å². The monoisotopic (exact) mass is 854 g/mol. The normalized spacial score (nSPS) is 11.6. The van der Waals surface area contributed by atoms with E-state index in [4.69, 9.17) is 4.42 Å². The van der Waals surface area contributed by atoms with Gasteiger partial charge in [0, 0.05) is 33.2 Å². The minimum Gasteiger partial charge on any atom is -0.456 e. The summed E-state index contributed by atoms with van der Waals surface area (Å²) in [6, 6.07) is 91.9. The van der Waals surface area contributed by atoms with Gasteiger partial charge in [-0.05, 0) is 134 Å². The van der Waals surface area contributed by atoms with Gasteiger partial charge in [-0.1, -0.05) is 176 Å². The lowest BCUT2D eigenvalue weighted by molar-refractivity contribution is 0.669. The molecule has 0 aliphatic rings. The first kappa shape index (κ1) is 38.5. The van der Waals surface area contributed by atoms with Crippen LogP contribution in [0.5, 0.6) is 0 Å². The molecule has 13 aromatic rings. The predicted molar refractivity (Wildman–Crippen MR) is 282 cm³/mol. The van der Waals surface area contributed by atoms with Crippen molar-refractivity contribution in [2.75, 3.05) is 4.90 Å². The lowest BCUT2D eigenvalue weighted by Gasteiger charge is -2.26. The van der Waals surface area contributed by atoms with Crippen molar-refractivity contribution >= 4 is 71.6 Å². The first-order chi connectivity index (χ1) is 33.2. The number of rotatable bonds is 8. The number of aromatic nitrogens is 1. The van der Waals surface area contributed by atoms with E-state index in [9.17, 15) is 0 Å². The zero-order valence-corrected chi connectivity index (χ0v) is 36.6. The third-order valence-electron chi connectivity index (χ3n) is 13.4. The van der Waals surface area contributed by atoms with E-state index in [1.54, 1.807) is 0 Å². The van der Waals surface area contributed by atoms with Gasteiger partial charge in [-0.15, -0.1) is 0 Å². The van der Waals surface area contributed by atoms with E-state index in [1.807, 2.05) is 12.1 Å². The highest BCUT2D eigenvalue weighted by Gasteiger charge is 2.20. The summed E-state index contributed by atoms with van der Waals surface area (Å²) in [5.41, 5.74) is 17.9. The lowest BCUT2D eigenvalue weighted by Crippen LogP contribution is -2.10. The van der Waals surface area contributed by atoms with E-state index in [0.717, 1.165) is 61.4 Å². The van der Waals surface area contributed by atoms with Gasteiger partial charge in [-0.3, -0.25) is 0 Å². The maximum absolute atomic E-state index is 6.42. The van der Waals surface area contributed by atoms with E-state index < -0.39 is 0 Å². The summed E-state index contributed by atoms with van der Waals surface area (Å²) >= 11 is 0. The van der Waals surface area contributed by atoms with Crippen molar-refractivity contribution in [3.8, 4) is 50.2 Å². The number of fused-ring (bicyclic) bond motifs is 7. The van der Waals surface area contributed by atoms with Gasteiger partial charge < -0.3 is 13.9 Å². The number of para-hydroxylation sites is 3. The molecular formula is C64H42N2O. The lowest BCUT2D eigenvalue weighted by atomic mass is 9.96. The maximum atomic E-state index is 6.42. The second kappa shape index (κ2) is 16.0. The van der Waals surface area contributed by atoms with E-state index in [-0.39, 0.29) is 0 Å². The Morgan fingerprint density at radius 1 is 0.299 bits per heavy atom. The first-order valence-corrected chi connectivity index (χ1v) is 22.9. The van der Waals surface area contributed by atoms with Crippen molar-refractivity contribution in [3.63, 3.8) is 0 Å². The molecule has 3 nitrogen and oxygen atoms in total. The van der Waals surface area contributed by atoms with E-state index in [2.05, 4.69) is 252 Å². The number of hydrogen-bond donors (Lipinski definition) is 0. The Morgan fingerprint density at radius 3 is 1.43 bits per heavy atom. The summed E-state index contributed by atoms with van der Waals surface area (Å²) in [7, 11) is 0. The van der Waals surface area contributed by atoms with Crippen molar-refractivity contribution in [2.45, 2.75) is 0 Å². The first-order valence-electron chi connectivity index (χ1n) is 22.9. The van der Waals surface area contributed by atoms with Crippen LogP contribution in [0.15, 0.2) is 259 Å². The van der Waals surface area contributed by atoms with E-state index in [1.165, 1.54) is 60.4 Å².